The van der Waals surface area contributed by atoms with Crippen molar-refractivity contribution < 1.29 is 14.5 Å². The van der Waals surface area contributed by atoms with E-state index in [1.54, 1.807) is 6.92 Å². The second kappa shape index (κ2) is 6.26. The van der Waals surface area contributed by atoms with E-state index >= 15 is 0 Å². The maximum atomic E-state index is 11.2. The van der Waals surface area contributed by atoms with Crippen LogP contribution in [-0.2, 0) is 16.1 Å². The van der Waals surface area contributed by atoms with Gasteiger partial charge in [0.05, 0.1) is 12.0 Å². The molecule has 0 aliphatic heterocycles. The van der Waals surface area contributed by atoms with Gasteiger partial charge in [-0.3, -0.25) is 14.9 Å². The van der Waals surface area contributed by atoms with Gasteiger partial charge in [-0.1, -0.05) is 0 Å². The van der Waals surface area contributed by atoms with Crippen LogP contribution in [0.1, 0.15) is 5.56 Å². The zero-order valence-corrected chi connectivity index (χ0v) is 11.9. The predicted octanol–water partition coefficient (Wildman–Crippen LogP) is 0.609. The van der Waals surface area contributed by atoms with Gasteiger partial charge < -0.3 is 4.74 Å². The molecule has 0 atom stereocenters. The van der Waals surface area contributed by atoms with E-state index in [1.165, 1.54) is 17.9 Å². The lowest BCUT2D eigenvalue weighted by atomic mass is 10.3. The number of hydrogen-bond acceptors (Lipinski definition) is 9. The Morgan fingerprint density at radius 3 is 2.95 bits per heavy atom. The molecule has 21 heavy (non-hydrogen) atoms. The van der Waals surface area contributed by atoms with Crippen molar-refractivity contribution in [3.05, 3.63) is 27.9 Å². The van der Waals surface area contributed by atoms with E-state index in [0.29, 0.717) is 15.7 Å². The maximum absolute atomic E-state index is 11.2. The van der Waals surface area contributed by atoms with Crippen LogP contribution in [0.3, 0.4) is 0 Å². The molecule has 0 unspecified atom stereocenters. The molecule has 10 nitrogen and oxygen atoms in total. The first kappa shape index (κ1) is 14.8. The molecule has 0 saturated heterocycles. The fourth-order valence-electron chi connectivity index (χ4n) is 1.40. The molecule has 0 N–H and O–H groups in total. The van der Waals surface area contributed by atoms with E-state index in [1.807, 2.05) is 0 Å². The van der Waals surface area contributed by atoms with Crippen molar-refractivity contribution >= 4 is 23.4 Å². The zero-order chi connectivity index (χ0) is 15.4. The number of nitro groups is 1. The van der Waals surface area contributed by atoms with Gasteiger partial charge in [0.1, 0.15) is 17.8 Å². The third-order valence-corrected chi connectivity index (χ3v) is 3.52. The van der Waals surface area contributed by atoms with Gasteiger partial charge in [0, 0.05) is 6.07 Å². The Morgan fingerprint density at radius 2 is 2.33 bits per heavy atom. The SMILES string of the molecule is COC(=O)Cn1nnnc1Sc1ncc([N+](=O)[O-])cc1C. The fourth-order valence-corrected chi connectivity index (χ4v) is 2.18. The number of aryl methyl sites for hydroxylation is 1. The highest BCUT2D eigenvalue weighted by molar-refractivity contribution is 7.99. The molecule has 0 aliphatic carbocycles. The normalized spacial score (nSPS) is 10.4. The molecule has 0 fully saturated rings. The minimum absolute atomic E-state index is 0.0917. The van der Waals surface area contributed by atoms with Gasteiger partial charge in [0.15, 0.2) is 0 Å². The molecule has 2 heterocycles. The summed E-state index contributed by atoms with van der Waals surface area (Å²) in [7, 11) is 1.27. The van der Waals surface area contributed by atoms with Crippen LogP contribution < -0.4 is 0 Å². The van der Waals surface area contributed by atoms with Gasteiger partial charge in [-0.05, 0) is 34.7 Å². The molecule has 2 aromatic heterocycles. The molecule has 0 aromatic carbocycles. The third-order valence-electron chi connectivity index (χ3n) is 2.42. The van der Waals surface area contributed by atoms with E-state index in [-0.39, 0.29) is 12.2 Å². The van der Waals surface area contributed by atoms with Gasteiger partial charge in [0.25, 0.3) is 5.69 Å². The molecule has 0 bridgehead atoms. The van der Waals surface area contributed by atoms with Crippen LogP contribution >= 0.6 is 11.8 Å². The first-order chi connectivity index (χ1) is 10.0. The summed E-state index contributed by atoms with van der Waals surface area (Å²) in [5, 5.41) is 22.4. The van der Waals surface area contributed by atoms with E-state index in [0.717, 1.165) is 18.0 Å². The smallest absolute Gasteiger partial charge is 0.327 e. The molecule has 11 heteroatoms. The average molecular weight is 310 g/mol. The standard InChI is InChI=1S/C10H10N6O4S/c1-6-3-7(16(18)19)4-11-9(6)21-10-12-13-14-15(10)5-8(17)20-2/h3-4H,5H2,1-2H3. The number of methoxy groups -OCH3 is 1. The summed E-state index contributed by atoms with van der Waals surface area (Å²) in [5.74, 6) is -0.488. The minimum Gasteiger partial charge on any atom is -0.468 e. The number of tetrazole rings is 1. The predicted molar refractivity (Wildman–Crippen MR) is 69.6 cm³/mol. The summed E-state index contributed by atoms with van der Waals surface area (Å²) < 4.78 is 5.80. The van der Waals surface area contributed by atoms with Gasteiger partial charge in [-0.2, -0.15) is 0 Å². The number of esters is 1. The lowest BCUT2D eigenvalue weighted by molar-refractivity contribution is -0.385. The van der Waals surface area contributed by atoms with Gasteiger partial charge in [-0.25, -0.2) is 9.67 Å². The summed E-state index contributed by atoms with van der Waals surface area (Å²) in [5.41, 5.74) is 0.521. The number of carbonyl (C=O) groups excluding carboxylic acids is 1. The summed E-state index contributed by atoms with van der Waals surface area (Å²) in [6.07, 6.45) is 1.16. The molecule has 2 aromatic rings. The molecule has 2 rings (SSSR count). The van der Waals surface area contributed by atoms with Crippen LogP contribution in [0.4, 0.5) is 5.69 Å². The Labute approximate surface area is 122 Å². The fraction of sp³-hybridized carbons (Fsp3) is 0.300. The number of ether oxygens (including phenoxy) is 1. The monoisotopic (exact) mass is 310 g/mol. The Kier molecular flexibility index (Phi) is 4.42. The Morgan fingerprint density at radius 1 is 1.57 bits per heavy atom. The summed E-state index contributed by atoms with van der Waals surface area (Å²) in [6.45, 7) is 1.56. The second-order valence-corrected chi connectivity index (χ2v) is 4.83. The molecule has 0 aliphatic rings. The van der Waals surface area contributed by atoms with Crippen LogP contribution in [0.25, 0.3) is 0 Å². The third kappa shape index (κ3) is 3.51. The molecule has 0 amide bonds. The highest BCUT2D eigenvalue weighted by Crippen LogP contribution is 2.28. The molecule has 110 valence electrons. The second-order valence-electron chi connectivity index (χ2n) is 3.87. The van der Waals surface area contributed by atoms with E-state index in [4.69, 9.17) is 0 Å². The van der Waals surface area contributed by atoms with Crippen molar-refractivity contribution in [2.45, 2.75) is 23.7 Å². The lowest BCUT2D eigenvalue weighted by Crippen LogP contribution is -2.13. The van der Waals surface area contributed by atoms with Crippen molar-refractivity contribution in [2.24, 2.45) is 0 Å². The van der Waals surface area contributed by atoms with Gasteiger partial charge in [0.2, 0.25) is 5.16 Å². The first-order valence-corrected chi connectivity index (χ1v) is 6.44. The summed E-state index contributed by atoms with van der Waals surface area (Å²) in [6, 6.07) is 1.41. The minimum atomic E-state index is -0.518. The first-order valence-electron chi connectivity index (χ1n) is 5.63. The van der Waals surface area contributed by atoms with Crippen molar-refractivity contribution in [1.29, 1.82) is 0 Å². The molecule has 0 spiro atoms. The van der Waals surface area contributed by atoms with Crippen molar-refractivity contribution in [3.63, 3.8) is 0 Å². The van der Waals surface area contributed by atoms with Gasteiger partial charge >= 0.3 is 5.97 Å². The largest absolute Gasteiger partial charge is 0.468 e. The number of carbonyl (C=O) groups is 1. The molecule has 0 radical (unpaired) electrons. The van der Waals surface area contributed by atoms with Crippen molar-refractivity contribution in [2.75, 3.05) is 7.11 Å². The van der Waals surface area contributed by atoms with Crippen molar-refractivity contribution in [1.82, 2.24) is 25.2 Å². The van der Waals surface area contributed by atoms with E-state index in [9.17, 15) is 14.9 Å². The molecule has 0 saturated carbocycles. The molecular weight excluding hydrogens is 300 g/mol. The Balaban J connectivity index is 2.21. The van der Waals surface area contributed by atoms with E-state index < -0.39 is 10.9 Å². The van der Waals surface area contributed by atoms with Gasteiger partial charge in [-0.15, -0.1) is 5.10 Å². The number of aromatic nitrogens is 5. The van der Waals surface area contributed by atoms with Crippen LogP contribution in [-0.4, -0.2) is 43.2 Å². The number of rotatable bonds is 5. The number of nitrogens with zero attached hydrogens (tertiary/aromatic N) is 6. The molecular formula is C10H10N6O4S. The summed E-state index contributed by atoms with van der Waals surface area (Å²) >= 11 is 1.11. The maximum Gasteiger partial charge on any atom is 0.327 e. The lowest BCUT2D eigenvalue weighted by Gasteiger charge is -2.04. The van der Waals surface area contributed by atoms with Crippen molar-refractivity contribution in [3.8, 4) is 0 Å². The Bertz CT molecular complexity index is 688. The highest BCUT2D eigenvalue weighted by atomic mass is 32.2. The topological polar surface area (TPSA) is 126 Å². The van der Waals surface area contributed by atoms with Crippen LogP contribution in [0, 0.1) is 17.0 Å². The van der Waals surface area contributed by atoms with Crippen LogP contribution in [0.15, 0.2) is 22.4 Å². The summed E-state index contributed by atoms with van der Waals surface area (Å²) in [4.78, 5) is 25.4. The Hall–Kier alpha value is -2.56. The van der Waals surface area contributed by atoms with E-state index in [2.05, 4.69) is 25.2 Å². The van der Waals surface area contributed by atoms with Crippen LogP contribution in [0.2, 0.25) is 0 Å². The number of pyridine rings is 1. The average Bonchev–Trinajstić information content (AvgIpc) is 2.87. The number of hydrogen-bond donors (Lipinski definition) is 0. The zero-order valence-electron chi connectivity index (χ0n) is 11.1. The highest BCUT2D eigenvalue weighted by Gasteiger charge is 2.16. The quantitative estimate of drug-likeness (QED) is 0.443. The van der Waals surface area contributed by atoms with Crippen LogP contribution in [0.5, 0.6) is 0 Å².